The number of aromatic nitrogens is 2. The molecule has 2 heterocycles. The Hall–Kier alpha value is -1.92. The van der Waals surface area contributed by atoms with Crippen molar-refractivity contribution in [2.75, 3.05) is 19.7 Å². The molecule has 1 saturated heterocycles. The lowest BCUT2D eigenvalue weighted by molar-refractivity contribution is 0.0623. The maximum atomic E-state index is 10.4. The molecule has 0 spiro atoms. The monoisotopic (exact) mass is 343 g/mol. The second-order valence-electron chi connectivity index (χ2n) is 7.20. The molecule has 0 radical (unpaired) electrons. The smallest absolute Gasteiger partial charge is 0.229 e. The summed E-state index contributed by atoms with van der Waals surface area (Å²) in [5.41, 5.74) is 1.19. The molecule has 2 fully saturated rings. The Bertz CT molecular complexity index is 696. The Morgan fingerprint density at radius 3 is 2.84 bits per heavy atom. The second kappa shape index (κ2) is 7.14. The van der Waals surface area contributed by atoms with Crippen LogP contribution in [0.3, 0.4) is 0 Å². The van der Waals surface area contributed by atoms with Crippen molar-refractivity contribution in [2.24, 2.45) is 0 Å². The van der Waals surface area contributed by atoms with Crippen molar-refractivity contribution in [2.45, 2.75) is 50.7 Å². The molecule has 0 bridgehead atoms. The molecule has 1 saturated carbocycles. The molecule has 0 amide bonds. The molecule has 1 aromatic heterocycles. The molecule has 1 N–H and O–H groups in total. The molecule has 0 unspecified atom stereocenters. The molecule has 1 aliphatic carbocycles. The maximum Gasteiger partial charge on any atom is 0.229 e. The van der Waals surface area contributed by atoms with E-state index >= 15 is 0 Å². The van der Waals surface area contributed by atoms with Gasteiger partial charge in [0.25, 0.3) is 0 Å². The fourth-order valence-electron chi connectivity index (χ4n) is 3.37. The van der Waals surface area contributed by atoms with Crippen molar-refractivity contribution in [3.8, 4) is 5.75 Å². The lowest BCUT2D eigenvalue weighted by atomic mass is 10.2. The predicted molar refractivity (Wildman–Crippen MR) is 92.5 cm³/mol. The highest BCUT2D eigenvalue weighted by Gasteiger charge is 2.34. The molecule has 6 nitrogen and oxygen atoms in total. The van der Waals surface area contributed by atoms with Gasteiger partial charge in [0.1, 0.15) is 18.5 Å². The minimum atomic E-state index is -0.545. The summed E-state index contributed by atoms with van der Waals surface area (Å²) >= 11 is 0. The van der Waals surface area contributed by atoms with Crippen molar-refractivity contribution in [1.82, 2.24) is 15.0 Å². The zero-order chi connectivity index (χ0) is 17.2. The number of aryl methyl sites for hydroxylation is 1. The van der Waals surface area contributed by atoms with Gasteiger partial charge in [-0.1, -0.05) is 22.9 Å². The average molecular weight is 343 g/mol. The zero-order valence-corrected chi connectivity index (χ0v) is 14.6. The number of β-amino-alcohol motifs (C(OH)–C–C–N with tert-alkyl or cyclic N) is 1. The molecule has 2 aliphatic rings. The largest absolute Gasteiger partial charge is 0.491 e. The van der Waals surface area contributed by atoms with E-state index in [4.69, 9.17) is 9.26 Å². The van der Waals surface area contributed by atoms with Crippen LogP contribution in [0.1, 0.15) is 54.9 Å². The quantitative estimate of drug-likeness (QED) is 0.833. The van der Waals surface area contributed by atoms with Crippen LogP contribution in [0.25, 0.3) is 0 Å². The van der Waals surface area contributed by atoms with Crippen molar-refractivity contribution < 1.29 is 14.4 Å². The Morgan fingerprint density at radius 2 is 2.08 bits per heavy atom. The molecule has 6 heteroatoms. The summed E-state index contributed by atoms with van der Waals surface area (Å²) < 4.78 is 11.1. The Labute approximate surface area is 147 Å². The van der Waals surface area contributed by atoms with Crippen molar-refractivity contribution in [1.29, 1.82) is 0 Å². The number of benzene rings is 1. The Kier molecular flexibility index (Phi) is 4.72. The highest BCUT2D eigenvalue weighted by molar-refractivity contribution is 5.26. The second-order valence-corrected chi connectivity index (χ2v) is 7.20. The molecular weight excluding hydrogens is 318 g/mol. The standard InChI is InChI=1S/C19H25N3O3/c1-13-4-8-16(9-5-13)24-12-15(23)11-22-10-2-3-17(22)18-20-19(25-21-18)14-6-7-14/h4-5,8-9,14-15,17,23H,2-3,6-7,10-12H2,1H3/t15-,17-/m1/s1. The lowest BCUT2D eigenvalue weighted by Crippen LogP contribution is -2.35. The fraction of sp³-hybridized carbons (Fsp3) is 0.579. The summed E-state index contributed by atoms with van der Waals surface area (Å²) in [6, 6.07) is 8.02. The molecule has 1 aliphatic heterocycles. The van der Waals surface area contributed by atoms with Crippen molar-refractivity contribution in [3.63, 3.8) is 0 Å². The molecule has 2 aromatic rings. The highest BCUT2D eigenvalue weighted by Crippen LogP contribution is 2.40. The SMILES string of the molecule is Cc1ccc(OC[C@H](O)CN2CCC[C@@H]2c2noc(C3CC3)n2)cc1. The number of likely N-dealkylation sites (tertiary alicyclic amines) is 1. The normalized spacial score (nSPS) is 22.2. The van der Waals surface area contributed by atoms with Gasteiger partial charge in [-0.25, -0.2) is 0 Å². The first-order valence-corrected chi connectivity index (χ1v) is 9.14. The van der Waals surface area contributed by atoms with Crippen LogP contribution in [0.2, 0.25) is 0 Å². The number of aliphatic hydroxyl groups is 1. The van der Waals surface area contributed by atoms with Crippen molar-refractivity contribution >= 4 is 0 Å². The molecule has 2 atom stereocenters. The summed E-state index contributed by atoms with van der Waals surface area (Å²) in [6.45, 7) is 3.83. The molecule has 1 aromatic carbocycles. The van der Waals surface area contributed by atoms with Gasteiger partial charge in [-0.15, -0.1) is 0 Å². The summed E-state index contributed by atoms with van der Waals surface area (Å²) in [4.78, 5) is 6.82. The van der Waals surface area contributed by atoms with Crippen LogP contribution >= 0.6 is 0 Å². The van der Waals surface area contributed by atoms with Gasteiger partial charge < -0.3 is 14.4 Å². The number of hydrogen-bond donors (Lipinski definition) is 1. The topological polar surface area (TPSA) is 71.6 Å². The van der Waals surface area contributed by atoms with E-state index in [9.17, 15) is 5.11 Å². The minimum Gasteiger partial charge on any atom is -0.491 e. The third-order valence-corrected chi connectivity index (χ3v) is 4.95. The first-order chi connectivity index (χ1) is 12.2. The van der Waals surface area contributed by atoms with Gasteiger partial charge in [0.05, 0.1) is 6.04 Å². The van der Waals surface area contributed by atoms with Crippen LogP contribution in [-0.2, 0) is 0 Å². The van der Waals surface area contributed by atoms with E-state index in [0.29, 0.717) is 12.5 Å². The van der Waals surface area contributed by atoms with E-state index in [-0.39, 0.29) is 12.6 Å². The summed E-state index contributed by atoms with van der Waals surface area (Å²) in [7, 11) is 0. The van der Waals surface area contributed by atoms with E-state index < -0.39 is 6.10 Å². The number of rotatable bonds is 7. The summed E-state index contributed by atoms with van der Waals surface area (Å²) in [5, 5.41) is 14.5. The molecule has 4 rings (SSSR count). The van der Waals surface area contributed by atoms with Crippen LogP contribution in [0.15, 0.2) is 28.8 Å². The average Bonchev–Trinajstić information content (AvgIpc) is 3.16. The first kappa shape index (κ1) is 16.5. The third-order valence-electron chi connectivity index (χ3n) is 4.95. The summed E-state index contributed by atoms with van der Waals surface area (Å²) in [6.07, 6.45) is 3.87. The van der Waals surface area contributed by atoms with E-state index in [0.717, 1.165) is 49.7 Å². The molecule has 25 heavy (non-hydrogen) atoms. The van der Waals surface area contributed by atoms with Gasteiger partial charge in [-0.05, 0) is 51.3 Å². The maximum absolute atomic E-state index is 10.4. The highest BCUT2D eigenvalue weighted by atomic mass is 16.5. The molecular formula is C19H25N3O3. The van der Waals surface area contributed by atoms with Crippen LogP contribution in [0.4, 0.5) is 0 Å². The van der Waals surface area contributed by atoms with Gasteiger partial charge in [0.2, 0.25) is 5.89 Å². The van der Waals surface area contributed by atoms with Gasteiger partial charge in [-0.3, -0.25) is 4.90 Å². The zero-order valence-electron chi connectivity index (χ0n) is 14.6. The Morgan fingerprint density at radius 1 is 1.28 bits per heavy atom. The van der Waals surface area contributed by atoms with Crippen LogP contribution < -0.4 is 4.74 Å². The lowest BCUT2D eigenvalue weighted by Gasteiger charge is -2.24. The first-order valence-electron chi connectivity index (χ1n) is 9.14. The van der Waals surface area contributed by atoms with Gasteiger partial charge in [-0.2, -0.15) is 4.98 Å². The fourth-order valence-corrected chi connectivity index (χ4v) is 3.37. The van der Waals surface area contributed by atoms with Crippen LogP contribution in [-0.4, -0.2) is 45.9 Å². The minimum absolute atomic E-state index is 0.144. The van der Waals surface area contributed by atoms with Gasteiger partial charge in [0.15, 0.2) is 5.82 Å². The Balaban J connectivity index is 1.31. The van der Waals surface area contributed by atoms with Gasteiger partial charge in [0, 0.05) is 12.5 Å². The summed E-state index contributed by atoms with van der Waals surface area (Å²) in [5.74, 6) is 2.82. The number of hydrogen-bond acceptors (Lipinski definition) is 6. The van der Waals surface area contributed by atoms with E-state index in [1.54, 1.807) is 0 Å². The van der Waals surface area contributed by atoms with E-state index in [1.807, 2.05) is 31.2 Å². The van der Waals surface area contributed by atoms with Gasteiger partial charge >= 0.3 is 0 Å². The molecule has 134 valence electrons. The predicted octanol–water partition coefficient (Wildman–Crippen LogP) is 2.83. The van der Waals surface area contributed by atoms with E-state index in [1.165, 1.54) is 5.56 Å². The van der Waals surface area contributed by atoms with E-state index in [2.05, 4.69) is 15.0 Å². The van der Waals surface area contributed by atoms with Crippen molar-refractivity contribution in [3.05, 3.63) is 41.5 Å². The number of ether oxygens (including phenoxy) is 1. The van der Waals surface area contributed by atoms with Crippen LogP contribution in [0, 0.1) is 6.92 Å². The number of aliphatic hydroxyl groups excluding tert-OH is 1. The number of nitrogens with zero attached hydrogens (tertiary/aromatic N) is 3. The third kappa shape index (κ3) is 4.02. The van der Waals surface area contributed by atoms with Crippen LogP contribution in [0.5, 0.6) is 5.75 Å².